The van der Waals surface area contributed by atoms with Crippen molar-refractivity contribution in [1.82, 2.24) is 16.2 Å². The maximum Gasteiger partial charge on any atom is 0.305 e. The lowest BCUT2D eigenvalue weighted by Crippen LogP contribution is -2.50. The monoisotopic (exact) mass is 277 g/mol. The summed E-state index contributed by atoms with van der Waals surface area (Å²) in [5, 5.41) is 3.67. The summed E-state index contributed by atoms with van der Waals surface area (Å²) in [5.41, 5.74) is 5.19. The molecule has 1 amide bonds. The van der Waals surface area contributed by atoms with Gasteiger partial charge in [-0.1, -0.05) is 12.2 Å². The smallest absolute Gasteiger partial charge is 0.305 e. The Morgan fingerprint density at radius 3 is 2.84 bits per heavy atom. The highest BCUT2D eigenvalue weighted by molar-refractivity contribution is 7.80. The molecular weight excluding hydrogens is 262 g/mol. The van der Waals surface area contributed by atoms with Gasteiger partial charge in [-0.15, -0.1) is 0 Å². The van der Waals surface area contributed by atoms with Gasteiger partial charge in [-0.3, -0.25) is 15.6 Å². The van der Waals surface area contributed by atoms with E-state index in [1.54, 1.807) is 12.1 Å². The van der Waals surface area contributed by atoms with Crippen LogP contribution >= 0.6 is 12.2 Å². The van der Waals surface area contributed by atoms with Crippen molar-refractivity contribution >= 4 is 23.2 Å². The molecule has 2 aliphatic rings. The number of amides is 1. The summed E-state index contributed by atoms with van der Waals surface area (Å²) in [6, 6.07) is 3.62. The van der Waals surface area contributed by atoms with Gasteiger partial charge in [0.05, 0.1) is 6.26 Å². The predicted octanol–water partition coefficient (Wildman–Crippen LogP) is 1.35. The van der Waals surface area contributed by atoms with Gasteiger partial charge >= 0.3 is 5.91 Å². The molecule has 1 aromatic heterocycles. The summed E-state index contributed by atoms with van der Waals surface area (Å²) in [4.78, 5) is 11.6. The highest BCUT2D eigenvalue weighted by Crippen LogP contribution is 2.38. The molecular formula is C13H15N3O2S. The van der Waals surface area contributed by atoms with Crippen LogP contribution in [0.4, 0.5) is 0 Å². The van der Waals surface area contributed by atoms with Crippen LogP contribution in [0.2, 0.25) is 0 Å². The third-order valence-electron chi connectivity index (χ3n) is 3.63. The number of nitrogens with one attached hydrogen (secondary N) is 3. The van der Waals surface area contributed by atoms with Gasteiger partial charge in [0.15, 0.2) is 10.9 Å². The number of thiocarbonyl (C=S) groups is 1. The molecule has 0 saturated heterocycles. The maximum absolute atomic E-state index is 11.6. The van der Waals surface area contributed by atoms with Crippen molar-refractivity contribution in [3.05, 3.63) is 36.3 Å². The molecule has 19 heavy (non-hydrogen) atoms. The molecule has 6 heteroatoms. The van der Waals surface area contributed by atoms with Crippen LogP contribution in [0.3, 0.4) is 0 Å². The van der Waals surface area contributed by atoms with Crippen molar-refractivity contribution in [2.75, 3.05) is 0 Å². The standard InChI is InChI=1S/C13H15N3O2S/c17-12(11-2-1-5-18-11)15-16-13(19)14-10-7-8-3-4-9(10)6-8/h1-5,8-10H,6-7H2,(H,15,17)(H2,14,16,19)/t8-,9+,10+/m1/s1. The van der Waals surface area contributed by atoms with Gasteiger partial charge in [-0.05, 0) is 49.0 Å². The molecule has 1 heterocycles. The van der Waals surface area contributed by atoms with E-state index in [0.717, 1.165) is 6.42 Å². The summed E-state index contributed by atoms with van der Waals surface area (Å²) in [6.45, 7) is 0. The first-order chi connectivity index (χ1) is 9.22. The predicted molar refractivity (Wildman–Crippen MR) is 74.2 cm³/mol. The Hall–Kier alpha value is -1.82. The Morgan fingerprint density at radius 2 is 2.21 bits per heavy atom. The van der Waals surface area contributed by atoms with Gasteiger partial charge in [-0.25, -0.2) is 0 Å². The molecule has 0 unspecified atom stereocenters. The molecule has 3 atom stereocenters. The number of carbonyl (C=O) groups excluding carboxylic acids is 1. The molecule has 0 aromatic carbocycles. The third-order valence-corrected chi connectivity index (χ3v) is 3.85. The average Bonchev–Trinajstić information content (AvgIpc) is 3.12. The minimum Gasteiger partial charge on any atom is -0.459 e. The zero-order chi connectivity index (χ0) is 13.2. The number of fused-ring (bicyclic) bond motifs is 2. The minimum atomic E-state index is -0.345. The summed E-state index contributed by atoms with van der Waals surface area (Å²) in [6.07, 6.45) is 8.29. The second-order valence-corrected chi connectivity index (χ2v) is 5.32. The van der Waals surface area contributed by atoms with Gasteiger partial charge in [0, 0.05) is 6.04 Å². The molecule has 3 N–H and O–H groups in total. The van der Waals surface area contributed by atoms with Crippen LogP contribution in [-0.4, -0.2) is 17.1 Å². The first-order valence-corrected chi connectivity index (χ1v) is 6.72. The zero-order valence-corrected chi connectivity index (χ0v) is 11.1. The van der Waals surface area contributed by atoms with Crippen molar-refractivity contribution < 1.29 is 9.21 Å². The van der Waals surface area contributed by atoms with E-state index in [1.165, 1.54) is 12.7 Å². The Labute approximate surface area is 116 Å². The van der Waals surface area contributed by atoms with E-state index in [-0.39, 0.29) is 11.7 Å². The second-order valence-electron chi connectivity index (χ2n) is 4.92. The van der Waals surface area contributed by atoms with Crippen LogP contribution < -0.4 is 16.2 Å². The van der Waals surface area contributed by atoms with Crippen molar-refractivity contribution in [1.29, 1.82) is 0 Å². The molecule has 2 bridgehead atoms. The largest absolute Gasteiger partial charge is 0.459 e. The first kappa shape index (κ1) is 12.2. The Balaban J connectivity index is 1.45. The average molecular weight is 277 g/mol. The van der Waals surface area contributed by atoms with Gasteiger partial charge in [0.1, 0.15) is 0 Å². The van der Waals surface area contributed by atoms with Crippen molar-refractivity contribution in [2.24, 2.45) is 11.8 Å². The van der Waals surface area contributed by atoms with E-state index in [1.807, 2.05) is 0 Å². The Kier molecular flexibility index (Phi) is 3.25. The van der Waals surface area contributed by atoms with Crippen LogP contribution in [0.5, 0.6) is 0 Å². The summed E-state index contributed by atoms with van der Waals surface area (Å²) in [5.74, 6) is 1.15. The fourth-order valence-corrected chi connectivity index (χ4v) is 2.94. The van der Waals surface area contributed by atoms with Crippen molar-refractivity contribution in [3.8, 4) is 0 Å². The van der Waals surface area contributed by atoms with Crippen LogP contribution in [-0.2, 0) is 0 Å². The fourth-order valence-electron chi connectivity index (χ4n) is 2.73. The van der Waals surface area contributed by atoms with Crippen molar-refractivity contribution in [3.63, 3.8) is 0 Å². The first-order valence-electron chi connectivity index (χ1n) is 6.31. The number of allylic oxidation sites excluding steroid dienone is 1. The van der Waals surface area contributed by atoms with Crippen LogP contribution in [0.1, 0.15) is 23.4 Å². The van der Waals surface area contributed by atoms with Crippen LogP contribution in [0.15, 0.2) is 35.0 Å². The summed E-state index contributed by atoms with van der Waals surface area (Å²) >= 11 is 5.16. The summed E-state index contributed by atoms with van der Waals surface area (Å²) < 4.78 is 4.98. The molecule has 3 rings (SSSR count). The second kappa shape index (κ2) is 5.05. The molecule has 5 nitrogen and oxygen atoms in total. The molecule has 1 saturated carbocycles. The van der Waals surface area contributed by atoms with Gasteiger partial charge < -0.3 is 9.73 Å². The highest BCUT2D eigenvalue weighted by Gasteiger charge is 2.35. The zero-order valence-electron chi connectivity index (χ0n) is 10.3. The van der Waals surface area contributed by atoms with E-state index < -0.39 is 0 Å². The molecule has 0 spiro atoms. The van der Waals surface area contributed by atoms with Gasteiger partial charge in [0.25, 0.3) is 0 Å². The number of hydrogen-bond acceptors (Lipinski definition) is 3. The maximum atomic E-state index is 11.6. The van der Waals surface area contributed by atoms with Crippen molar-refractivity contribution in [2.45, 2.75) is 18.9 Å². The minimum absolute atomic E-state index is 0.248. The van der Waals surface area contributed by atoms with E-state index in [4.69, 9.17) is 16.6 Å². The number of hydrazine groups is 1. The quantitative estimate of drug-likeness (QED) is 0.433. The van der Waals surface area contributed by atoms with Crippen LogP contribution in [0, 0.1) is 11.8 Å². The Morgan fingerprint density at radius 1 is 1.32 bits per heavy atom. The third kappa shape index (κ3) is 2.63. The van der Waals surface area contributed by atoms with E-state index >= 15 is 0 Å². The van der Waals surface area contributed by atoms with Crippen LogP contribution in [0.25, 0.3) is 0 Å². The number of furan rings is 1. The molecule has 0 aliphatic heterocycles. The topological polar surface area (TPSA) is 66.3 Å². The highest BCUT2D eigenvalue weighted by atomic mass is 32.1. The van der Waals surface area contributed by atoms with E-state index in [9.17, 15) is 4.79 Å². The fraction of sp³-hybridized carbons (Fsp3) is 0.385. The molecule has 100 valence electrons. The molecule has 0 radical (unpaired) electrons. The molecule has 1 fully saturated rings. The lowest BCUT2D eigenvalue weighted by atomic mass is 10.0. The molecule has 1 aromatic rings. The van der Waals surface area contributed by atoms with Gasteiger partial charge in [-0.2, -0.15) is 0 Å². The lowest BCUT2D eigenvalue weighted by Gasteiger charge is -2.21. The molecule has 2 aliphatic carbocycles. The SMILES string of the molecule is O=C(NNC(=S)N[C@H]1C[C@@H]2C=C[C@H]1C2)c1ccco1. The van der Waals surface area contributed by atoms with E-state index in [2.05, 4.69) is 28.3 Å². The summed E-state index contributed by atoms with van der Waals surface area (Å²) in [7, 11) is 0. The van der Waals surface area contributed by atoms with E-state index in [0.29, 0.717) is 23.0 Å². The number of hydrogen-bond donors (Lipinski definition) is 3. The lowest BCUT2D eigenvalue weighted by molar-refractivity contribution is 0.0915. The number of rotatable bonds is 2. The number of carbonyl (C=O) groups is 1. The Bertz CT molecular complexity index is 512. The normalized spacial score (nSPS) is 27.3. The van der Waals surface area contributed by atoms with Gasteiger partial charge in [0.2, 0.25) is 0 Å².